The van der Waals surface area contributed by atoms with Crippen molar-refractivity contribution in [2.75, 3.05) is 31.4 Å². The summed E-state index contributed by atoms with van der Waals surface area (Å²) >= 11 is 5.92. The van der Waals surface area contributed by atoms with Gasteiger partial charge in [-0.3, -0.25) is 14.4 Å². The summed E-state index contributed by atoms with van der Waals surface area (Å²) in [6.45, 7) is 1.31. The molecular weight excluding hydrogens is 402 g/mol. The summed E-state index contributed by atoms with van der Waals surface area (Å²) in [5.74, 6) is -0.749. The third-order valence-corrected chi connectivity index (χ3v) is 5.95. The number of benzene rings is 1. The van der Waals surface area contributed by atoms with Gasteiger partial charge in [-0.05, 0) is 19.1 Å². The molecule has 0 aliphatic carbocycles. The first-order chi connectivity index (χ1) is 12.6. The Hall–Kier alpha value is -2.18. The zero-order valence-electron chi connectivity index (χ0n) is 14.6. The van der Waals surface area contributed by atoms with Gasteiger partial charge >= 0.3 is 0 Å². The number of phenolic OH excluding ortho intramolecular Hbond substituents is 1. The van der Waals surface area contributed by atoms with Crippen LogP contribution in [0, 0.1) is 0 Å². The second-order valence-corrected chi connectivity index (χ2v) is 7.91. The molecule has 10 nitrogen and oxygen atoms in total. The molecule has 148 valence electrons. The minimum absolute atomic E-state index is 0.0747. The Bertz CT molecular complexity index is 1030. The topological polar surface area (TPSA) is 145 Å². The summed E-state index contributed by atoms with van der Waals surface area (Å²) in [5.41, 5.74) is -2.04. The van der Waals surface area contributed by atoms with Gasteiger partial charge in [0.25, 0.3) is 20.9 Å². The molecule has 1 atom stereocenters. The number of aliphatic hydroxyl groups is 1. The molecule has 2 aromatic rings. The van der Waals surface area contributed by atoms with Gasteiger partial charge in [0.05, 0.1) is 24.4 Å². The molecule has 0 saturated heterocycles. The van der Waals surface area contributed by atoms with Gasteiger partial charge in [-0.1, -0.05) is 16.1 Å². The second-order valence-electron chi connectivity index (χ2n) is 5.63. The number of nitrogens with one attached hydrogen (secondary N) is 2. The van der Waals surface area contributed by atoms with Gasteiger partial charge in [-0.25, -0.2) is 8.42 Å². The molecule has 0 aliphatic heterocycles. The minimum Gasteiger partial charge on any atom is -0.504 e. The number of anilines is 3. The first-order valence-electron chi connectivity index (χ1n) is 7.58. The number of phenols is 1. The maximum Gasteiger partial charge on any atom is 0.269 e. The molecule has 0 amide bonds. The van der Waals surface area contributed by atoms with E-state index in [1.165, 1.54) is 12.1 Å². The summed E-state index contributed by atoms with van der Waals surface area (Å²) < 4.78 is 25.4. The van der Waals surface area contributed by atoms with Crippen molar-refractivity contribution < 1.29 is 23.5 Å². The fourth-order valence-electron chi connectivity index (χ4n) is 2.19. The van der Waals surface area contributed by atoms with Crippen molar-refractivity contribution >= 4 is 38.7 Å². The number of hydroxylamine groups is 1. The number of halogens is 1. The number of aromatic hydroxyl groups is 1. The molecule has 0 saturated carbocycles. The van der Waals surface area contributed by atoms with Crippen LogP contribution in [0.25, 0.3) is 0 Å². The van der Waals surface area contributed by atoms with Gasteiger partial charge in [0.15, 0.2) is 5.75 Å². The van der Waals surface area contributed by atoms with Crippen LogP contribution in [-0.2, 0) is 14.9 Å². The Labute approximate surface area is 159 Å². The SMILES string of the molecule is CON(C)S(=O)(=O)c1c(Cl)ccc(Nc2c(NC(C)CO)c(=O)c2=O)c1O. The average Bonchev–Trinajstić information content (AvgIpc) is 2.64. The number of sulfonamides is 1. The third-order valence-electron chi connectivity index (χ3n) is 3.77. The van der Waals surface area contributed by atoms with Gasteiger partial charge in [0.1, 0.15) is 16.3 Å². The largest absolute Gasteiger partial charge is 0.504 e. The number of hydrogen-bond acceptors (Lipinski definition) is 9. The van der Waals surface area contributed by atoms with Crippen LogP contribution in [0.1, 0.15) is 6.92 Å². The smallest absolute Gasteiger partial charge is 0.269 e. The lowest BCUT2D eigenvalue weighted by Crippen LogP contribution is -2.39. The van der Waals surface area contributed by atoms with Crippen LogP contribution in [0.3, 0.4) is 0 Å². The summed E-state index contributed by atoms with van der Waals surface area (Å²) in [4.78, 5) is 27.6. The predicted octanol–water partition coefficient (Wildman–Crippen LogP) is 0.360. The quantitative estimate of drug-likeness (QED) is 0.270. The van der Waals surface area contributed by atoms with Gasteiger partial charge in [0, 0.05) is 13.1 Å². The molecule has 0 bridgehead atoms. The van der Waals surface area contributed by atoms with Crippen LogP contribution in [0.5, 0.6) is 5.75 Å². The van der Waals surface area contributed by atoms with E-state index in [9.17, 15) is 23.1 Å². The van der Waals surface area contributed by atoms with Gasteiger partial charge in [-0.15, -0.1) is 0 Å². The highest BCUT2D eigenvalue weighted by molar-refractivity contribution is 7.89. The van der Waals surface area contributed by atoms with Crippen LogP contribution < -0.4 is 21.5 Å². The predicted molar refractivity (Wildman–Crippen MR) is 99.9 cm³/mol. The summed E-state index contributed by atoms with van der Waals surface area (Å²) in [7, 11) is -2.05. The molecule has 0 fully saturated rings. The Morgan fingerprint density at radius 3 is 2.41 bits per heavy atom. The lowest BCUT2D eigenvalue weighted by Gasteiger charge is -2.20. The van der Waals surface area contributed by atoms with E-state index in [-0.39, 0.29) is 28.7 Å². The maximum absolute atomic E-state index is 12.4. The van der Waals surface area contributed by atoms with Crippen LogP contribution in [-0.4, -0.2) is 49.9 Å². The van der Waals surface area contributed by atoms with Crippen LogP contribution in [0.15, 0.2) is 26.6 Å². The van der Waals surface area contributed by atoms with Gasteiger partial charge in [-0.2, -0.15) is 0 Å². The molecule has 0 aliphatic rings. The number of aliphatic hydroxyl groups excluding tert-OH is 1. The average molecular weight is 420 g/mol. The molecule has 12 heteroatoms. The van der Waals surface area contributed by atoms with Crippen molar-refractivity contribution in [2.24, 2.45) is 0 Å². The lowest BCUT2D eigenvalue weighted by atomic mass is 10.1. The Balaban J connectivity index is 2.50. The van der Waals surface area contributed by atoms with Crippen molar-refractivity contribution in [3.8, 4) is 5.75 Å². The minimum atomic E-state index is -4.29. The second kappa shape index (κ2) is 7.82. The van der Waals surface area contributed by atoms with E-state index in [0.29, 0.717) is 4.47 Å². The zero-order valence-corrected chi connectivity index (χ0v) is 16.2. The van der Waals surface area contributed by atoms with E-state index in [1.807, 2.05) is 0 Å². The fourth-order valence-corrected chi connectivity index (χ4v) is 3.76. The molecule has 4 N–H and O–H groups in total. The lowest BCUT2D eigenvalue weighted by molar-refractivity contribution is -0.0259. The molecular formula is C15H18ClN3O7S. The van der Waals surface area contributed by atoms with Crippen molar-refractivity contribution in [1.29, 1.82) is 0 Å². The van der Waals surface area contributed by atoms with E-state index in [1.54, 1.807) is 6.92 Å². The standard InChI is InChI=1S/C15H18ClN3O7S/c1-7(6-20)17-10-11(14(23)13(10)22)18-9-5-4-8(16)15(12(9)21)27(24,25)19(2)26-3/h4-5,7,17-18,20-21H,6H2,1-3H3. The fraction of sp³-hybridized carbons (Fsp3) is 0.333. The number of nitrogens with zero attached hydrogens (tertiary/aromatic N) is 1. The highest BCUT2D eigenvalue weighted by Gasteiger charge is 2.30. The molecule has 27 heavy (non-hydrogen) atoms. The normalized spacial score (nSPS) is 13.1. The Morgan fingerprint density at radius 1 is 1.26 bits per heavy atom. The molecule has 2 rings (SSSR count). The molecule has 2 aromatic carbocycles. The Kier molecular flexibility index (Phi) is 6.12. The van der Waals surface area contributed by atoms with Crippen LogP contribution >= 0.6 is 11.6 Å². The molecule has 1 unspecified atom stereocenters. The first kappa shape index (κ1) is 21.1. The van der Waals surface area contributed by atoms with E-state index in [4.69, 9.17) is 16.7 Å². The van der Waals surface area contributed by atoms with Crippen LogP contribution in [0.2, 0.25) is 5.02 Å². The van der Waals surface area contributed by atoms with E-state index in [2.05, 4.69) is 15.5 Å². The monoisotopic (exact) mass is 419 g/mol. The number of rotatable bonds is 8. The zero-order chi connectivity index (χ0) is 20.5. The Morgan fingerprint density at radius 2 is 1.85 bits per heavy atom. The molecule has 0 radical (unpaired) electrons. The van der Waals surface area contributed by atoms with Crippen LogP contribution in [0.4, 0.5) is 17.1 Å². The molecule has 0 aromatic heterocycles. The number of hydrogen-bond donors (Lipinski definition) is 4. The van der Waals surface area contributed by atoms with Gasteiger partial charge < -0.3 is 20.8 Å². The summed E-state index contributed by atoms with van der Waals surface area (Å²) in [6, 6.07) is 1.95. The molecule has 0 spiro atoms. The van der Waals surface area contributed by atoms with Crippen molar-refractivity contribution in [3.63, 3.8) is 0 Å². The van der Waals surface area contributed by atoms with Crippen molar-refractivity contribution in [3.05, 3.63) is 37.6 Å². The van der Waals surface area contributed by atoms with E-state index < -0.39 is 37.6 Å². The van der Waals surface area contributed by atoms with Gasteiger partial charge in [0.2, 0.25) is 0 Å². The molecule has 0 heterocycles. The van der Waals surface area contributed by atoms with E-state index >= 15 is 0 Å². The third kappa shape index (κ3) is 3.77. The van der Waals surface area contributed by atoms with E-state index in [0.717, 1.165) is 14.2 Å². The maximum atomic E-state index is 12.4. The first-order valence-corrected chi connectivity index (χ1v) is 9.40. The summed E-state index contributed by atoms with van der Waals surface area (Å²) in [6.07, 6.45) is 0. The van der Waals surface area contributed by atoms with Crippen molar-refractivity contribution in [2.45, 2.75) is 17.9 Å². The highest BCUT2D eigenvalue weighted by atomic mass is 35.5. The van der Waals surface area contributed by atoms with Crippen molar-refractivity contribution in [1.82, 2.24) is 4.47 Å². The highest BCUT2D eigenvalue weighted by Crippen LogP contribution is 2.39. The summed E-state index contributed by atoms with van der Waals surface area (Å²) in [5, 5.41) is 24.4.